The maximum atomic E-state index is 2.44. The Kier molecular flexibility index (Phi) is 2.56. The largest absolute Gasteiger partial charge is 0.0628 e. The molecule has 0 aliphatic heterocycles. The second kappa shape index (κ2) is 3.05. The van der Waals surface area contributed by atoms with Crippen molar-refractivity contribution in [2.24, 2.45) is 29.1 Å². The average Bonchev–Trinajstić information content (AvgIpc) is 2.37. The van der Waals surface area contributed by atoms with E-state index in [1.807, 2.05) is 0 Å². The molecule has 0 aromatic heterocycles. The van der Waals surface area contributed by atoms with Gasteiger partial charge in [0.05, 0.1) is 0 Å². The predicted octanol–water partition coefficient (Wildman–Crippen LogP) is 3.96. The number of hydrogen-bond acceptors (Lipinski definition) is 0. The third-order valence-corrected chi connectivity index (χ3v) is 3.66. The lowest BCUT2D eigenvalue weighted by molar-refractivity contribution is 0.227. The molecule has 0 amide bonds. The van der Waals surface area contributed by atoms with E-state index in [0.29, 0.717) is 5.41 Å². The SMILES string of the molecule is CC(C)CC(C)(C)C1C(C)C1C. The fourth-order valence-electron chi connectivity index (χ4n) is 3.27. The van der Waals surface area contributed by atoms with Crippen LogP contribution in [0.2, 0.25) is 0 Å². The Morgan fingerprint density at radius 1 is 1.08 bits per heavy atom. The normalized spacial score (nSPS) is 35.8. The molecule has 0 heteroatoms. The summed E-state index contributed by atoms with van der Waals surface area (Å²) >= 11 is 0. The molecule has 0 saturated heterocycles. The number of rotatable bonds is 3. The molecule has 0 nitrogen and oxygen atoms in total. The van der Waals surface area contributed by atoms with Gasteiger partial charge in [-0.15, -0.1) is 0 Å². The summed E-state index contributed by atoms with van der Waals surface area (Å²) in [6.45, 7) is 14.4. The van der Waals surface area contributed by atoms with Gasteiger partial charge >= 0.3 is 0 Å². The maximum Gasteiger partial charge on any atom is -0.0306 e. The van der Waals surface area contributed by atoms with Gasteiger partial charge in [0.1, 0.15) is 0 Å². The maximum absolute atomic E-state index is 2.44. The van der Waals surface area contributed by atoms with Crippen LogP contribution in [0.1, 0.15) is 48.0 Å². The van der Waals surface area contributed by atoms with Crippen molar-refractivity contribution in [3.05, 3.63) is 0 Å². The van der Waals surface area contributed by atoms with E-state index in [0.717, 1.165) is 23.7 Å². The zero-order valence-electron chi connectivity index (χ0n) is 9.52. The molecular weight excluding hydrogens is 144 g/mol. The molecule has 1 saturated carbocycles. The lowest BCUT2D eigenvalue weighted by Gasteiger charge is -2.27. The summed E-state index contributed by atoms with van der Waals surface area (Å²) in [5.41, 5.74) is 0.576. The lowest BCUT2D eigenvalue weighted by Crippen LogP contribution is -2.18. The molecule has 1 rings (SSSR count). The lowest BCUT2D eigenvalue weighted by atomic mass is 9.78. The highest BCUT2D eigenvalue weighted by Crippen LogP contribution is 2.57. The van der Waals surface area contributed by atoms with Crippen LogP contribution in [0.4, 0.5) is 0 Å². The Bertz CT molecular complexity index is 147. The highest BCUT2D eigenvalue weighted by atomic mass is 14.6. The van der Waals surface area contributed by atoms with Crippen LogP contribution >= 0.6 is 0 Å². The molecule has 0 aromatic rings. The minimum atomic E-state index is 0.576. The predicted molar refractivity (Wildman–Crippen MR) is 55.1 cm³/mol. The van der Waals surface area contributed by atoms with Gasteiger partial charge in [-0.25, -0.2) is 0 Å². The van der Waals surface area contributed by atoms with Gasteiger partial charge in [-0.2, -0.15) is 0 Å². The first-order valence-electron chi connectivity index (χ1n) is 5.36. The van der Waals surface area contributed by atoms with E-state index < -0.39 is 0 Å². The zero-order chi connectivity index (χ0) is 9.52. The molecule has 2 atom stereocenters. The van der Waals surface area contributed by atoms with Crippen LogP contribution in [0, 0.1) is 29.1 Å². The van der Waals surface area contributed by atoms with Crippen molar-refractivity contribution >= 4 is 0 Å². The first-order valence-corrected chi connectivity index (χ1v) is 5.36. The van der Waals surface area contributed by atoms with Gasteiger partial charge < -0.3 is 0 Å². The Morgan fingerprint density at radius 2 is 1.50 bits per heavy atom. The molecule has 72 valence electrons. The molecule has 2 unspecified atom stereocenters. The summed E-state index contributed by atoms with van der Waals surface area (Å²) in [5.74, 6) is 3.78. The summed E-state index contributed by atoms with van der Waals surface area (Å²) < 4.78 is 0. The Morgan fingerprint density at radius 3 is 1.75 bits per heavy atom. The van der Waals surface area contributed by atoms with Gasteiger partial charge in [0.25, 0.3) is 0 Å². The molecular formula is C12H24. The third-order valence-electron chi connectivity index (χ3n) is 3.66. The Hall–Kier alpha value is 0. The smallest absolute Gasteiger partial charge is 0.0306 e. The van der Waals surface area contributed by atoms with E-state index in [1.54, 1.807) is 0 Å². The van der Waals surface area contributed by atoms with E-state index in [-0.39, 0.29) is 0 Å². The summed E-state index contributed by atoms with van der Waals surface area (Å²) in [4.78, 5) is 0. The van der Waals surface area contributed by atoms with E-state index in [9.17, 15) is 0 Å². The zero-order valence-corrected chi connectivity index (χ0v) is 9.52. The van der Waals surface area contributed by atoms with Gasteiger partial charge in [-0.1, -0.05) is 41.5 Å². The fourth-order valence-corrected chi connectivity index (χ4v) is 3.27. The van der Waals surface area contributed by atoms with Gasteiger partial charge in [0.15, 0.2) is 0 Å². The van der Waals surface area contributed by atoms with Crippen LogP contribution in [-0.2, 0) is 0 Å². The van der Waals surface area contributed by atoms with Gasteiger partial charge in [0, 0.05) is 0 Å². The van der Waals surface area contributed by atoms with Crippen LogP contribution in [0.25, 0.3) is 0 Å². The Labute approximate surface area is 77.7 Å². The van der Waals surface area contributed by atoms with Crippen molar-refractivity contribution in [2.75, 3.05) is 0 Å². The quantitative estimate of drug-likeness (QED) is 0.598. The molecule has 1 aliphatic carbocycles. The third kappa shape index (κ3) is 1.84. The second-order valence-corrected chi connectivity index (χ2v) is 5.83. The van der Waals surface area contributed by atoms with Gasteiger partial charge in [0.2, 0.25) is 0 Å². The van der Waals surface area contributed by atoms with E-state index in [2.05, 4.69) is 41.5 Å². The van der Waals surface area contributed by atoms with Crippen molar-refractivity contribution in [2.45, 2.75) is 48.0 Å². The van der Waals surface area contributed by atoms with Crippen LogP contribution in [0.15, 0.2) is 0 Å². The Balaban J connectivity index is 2.49. The molecule has 0 radical (unpaired) electrons. The van der Waals surface area contributed by atoms with Gasteiger partial charge in [-0.05, 0) is 35.5 Å². The van der Waals surface area contributed by atoms with E-state index >= 15 is 0 Å². The molecule has 12 heavy (non-hydrogen) atoms. The molecule has 0 heterocycles. The minimum Gasteiger partial charge on any atom is -0.0628 e. The standard InChI is InChI=1S/C12H24/c1-8(2)7-12(5,6)11-9(3)10(11)4/h8-11H,7H2,1-6H3. The summed E-state index contributed by atoms with van der Waals surface area (Å²) in [6, 6.07) is 0. The topological polar surface area (TPSA) is 0 Å². The van der Waals surface area contributed by atoms with Crippen LogP contribution < -0.4 is 0 Å². The highest BCUT2D eigenvalue weighted by Gasteiger charge is 2.51. The molecule has 1 fully saturated rings. The van der Waals surface area contributed by atoms with Crippen molar-refractivity contribution in [3.8, 4) is 0 Å². The first kappa shape index (κ1) is 10.1. The molecule has 0 spiro atoms. The summed E-state index contributed by atoms with van der Waals surface area (Å²) in [7, 11) is 0. The monoisotopic (exact) mass is 168 g/mol. The number of hydrogen-bond donors (Lipinski definition) is 0. The summed E-state index contributed by atoms with van der Waals surface area (Å²) in [5, 5.41) is 0. The van der Waals surface area contributed by atoms with E-state index in [4.69, 9.17) is 0 Å². The molecule has 0 N–H and O–H groups in total. The van der Waals surface area contributed by atoms with Crippen LogP contribution in [-0.4, -0.2) is 0 Å². The fraction of sp³-hybridized carbons (Fsp3) is 1.00. The van der Waals surface area contributed by atoms with Gasteiger partial charge in [-0.3, -0.25) is 0 Å². The first-order chi connectivity index (χ1) is 5.36. The van der Waals surface area contributed by atoms with Crippen molar-refractivity contribution in [3.63, 3.8) is 0 Å². The van der Waals surface area contributed by atoms with Crippen molar-refractivity contribution in [1.82, 2.24) is 0 Å². The van der Waals surface area contributed by atoms with Crippen molar-refractivity contribution < 1.29 is 0 Å². The van der Waals surface area contributed by atoms with E-state index in [1.165, 1.54) is 6.42 Å². The summed E-state index contributed by atoms with van der Waals surface area (Å²) in [6.07, 6.45) is 1.38. The van der Waals surface area contributed by atoms with Crippen molar-refractivity contribution in [1.29, 1.82) is 0 Å². The highest BCUT2D eigenvalue weighted by molar-refractivity contribution is 4.99. The average molecular weight is 168 g/mol. The molecule has 0 bridgehead atoms. The second-order valence-electron chi connectivity index (χ2n) is 5.83. The molecule has 0 aromatic carbocycles. The van der Waals surface area contributed by atoms with Crippen LogP contribution in [0.5, 0.6) is 0 Å². The molecule has 1 aliphatic rings. The van der Waals surface area contributed by atoms with Crippen LogP contribution in [0.3, 0.4) is 0 Å². The minimum absolute atomic E-state index is 0.576.